The van der Waals surface area contributed by atoms with Crippen molar-refractivity contribution in [2.75, 3.05) is 6.54 Å². The van der Waals surface area contributed by atoms with E-state index in [9.17, 15) is 4.79 Å². The molecule has 2 aliphatic rings. The van der Waals surface area contributed by atoms with Crippen molar-refractivity contribution < 1.29 is 0 Å². The molecule has 23 heavy (non-hydrogen) atoms. The minimum absolute atomic E-state index is 0.0101. The first-order valence-corrected chi connectivity index (χ1v) is 9.35. The fourth-order valence-electron chi connectivity index (χ4n) is 3.68. The minimum atomic E-state index is -0.0101. The highest BCUT2D eigenvalue weighted by Crippen LogP contribution is 2.29. The van der Waals surface area contributed by atoms with Gasteiger partial charge in [0, 0.05) is 23.2 Å². The molecule has 122 valence electrons. The molecule has 0 radical (unpaired) electrons. The van der Waals surface area contributed by atoms with Crippen molar-refractivity contribution in [2.45, 2.75) is 57.7 Å². The van der Waals surface area contributed by atoms with E-state index in [-0.39, 0.29) is 5.56 Å². The second-order valence-corrected chi connectivity index (χ2v) is 7.66. The van der Waals surface area contributed by atoms with Gasteiger partial charge in [0.25, 0.3) is 5.56 Å². The molecule has 1 aliphatic carbocycles. The summed E-state index contributed by atoms with van der Waals surface area (Å²) in [7, 11) is 0. The van der Waals surface area contributed by atoms with Crippen molar-refractivity contribution in [2.24, 2.45) is 0 Å². The van der Waals surface area contributed by atoms with Gasteiger partial charge < -0.3 is 0 Å². The fourth-order valence-corrected chi connectivity index (χ4v) is 4.86. The van der Waals surface area contributed by atoms with Gasteiger partial charge >= 0.3 is 0 Å². The quantitative estimate of drug-likeness (QED) is 0.863. The van der Waals surface area contributed by atoms with E-state index in [1.54, 1.807) is 23.0 Å². The van der Waals surface area contributed by atoms with E-state index >= 15 is 0 Å². The van der Waals surface area contributed by atoms with Crippen molar-refractivity contribution in [1.82, 2.24) is 19.7 Å². The van der Waals surface area contributed by atoms with Crippen LogP contribution in [-0.4, -0.2) is 32.3 Å². The SMILES string of the molecule is O=c1cccnn1CC1CCCN1Cc1nc2c(s1)CCCC2. The maximum atomic E-state index is 11.9. The van der Waals surface area contributed by atoms with Gasteiger partial charge in [-0.05, 0) is 51.1 Å². The van der Waals surface area contributed by atoms with Crippen LogP contribution in [0.25, 0.3) is 0 Å². The maximum Gasteiger partial charge on any atom is 0.266 e. The highest BCUT2D eigenvalue weighted by atomic mass is 32.1. The summed E-state index contributed by atoms with van der Waals surface area (Å²) in [6.45, 7) is 2.70. The number of aromatic nitrogens is 3. The molecule has 1 saturated heterocycles. The number of hydrogen-bond acceptors (Lipinski definition) is 5. The zero-order chi connectivity index (χ0) is 15.6. The van der Waals surface area contributed by atoms with Gasteiger partial charge in [0.15, 0.2) is 0 Å². The first kappa shape index (κ1) is 15.0. The topological polar surface area (TPSA) is 51.0 Å². The van der Waals surface area contributed by atoms with Crippen LogP contribution in [0.2, 0.25) is 0 Å². The van der Waals surface area contributed by atoms with Crippen LogP contribution in [0, 0.1) is 0 Å². The molecule has 1 aliphatic heterocycles. The molecule has 3 heterocycles. The average molecular weight is 330 g/mol. The van der Waals surface area contributed by atoms with Crippen molar-refractivity contribution in [3.63, 3.8) is 0 Å². The highest BCUT2D eigenvalue weighted by molar-refractivity contribution is 7.11. The van der Waals surface area contributed by atoms with Crippen LogP contribution in [0.15, 0.2) is 23.1 Å². The van der Waals surface area contributed by atoms with Crippen LogP contribution in [0.4, 0.5) is 0 Å². The Morgan fingerprint density at radius 1 is 1.26 bits per heavy atom. The number of fused-ring (bicyclic) bond motifs is 1. The van der Waals surface area contributed by atoms with Gasteiger partial charge in [-0.3, -0.25) is 9.69 Å². The lowest BCUT2D eigenvalue weighted by Crippen LogP contribution is -2.36. The van der Waals surface area contributed by atoms with Gasteiger partial charge in [-0.25, -0.2) is 9.67 Å². The summed E-state index contributed by atoms with van der Waals surface area (Å²) in [5, 5.41) is 5.45. The predicted octanol–water partition coefficient (Wildman–Crippen LogP) is 2.24. The molecule has 6 heteroatoms. The lowest BCUT2D eigenvalue weighted by molar-refractivity contribution is 0.216. The Labute approximate surface area is 140 Å². The standard InChI is InChI=1S/C17H22N4OS/c22-17-8-3-9-18-21(17)11-13-5-4-10-20(13)12-16-19-14-6-1-2-7-15(14)23-16/h3,8-9,13H,1-2,4-7,10-12H2. The van der Waals surface area contributed by atoms with Crippen molar-refractivity contribution in [3.8, 4) is 0 Å². The molecule has 0 aromatic carbocycles. The molecular weight excluding hydrogens is 308 g/mol. The van der Waals surface area contributed by atoms with Crippen molar-refractivity contribution in [1.29, 1.82) is 0 Å². The Hall–Kier alpha value is -1.53. The van der Waals surface area contributed by atoms with E-state index in [0.29, 0.717) is 12.6 Å². The van der Waals surface area contributed by atoms with Gasteiger partial charge in [0.05, 0.1) is 18.8 Å². The fraction of sp³-hybridized carbons (Fsp3) is 0.588. The van der Waals surface area contributed by atoms with E-state index in [1.807, 2.05) is 11.3 Å². The van der Waals surface area contributed by atoms with Gasteiger partial charge in [-0.2, -0.15) is 5.10 Å². The molecular formula is C17H22N4OS. The summed E-state index contributed by atoms with van der Waals surface area (Å²) in [5.74, 6) is 0. The summed E-state index contributed by atoms with van der Waals surface area (Å²) in [6, 6.07) is 3.68. The van der Waals surface area contributed by atoms with Crippen molar-refractivity contribution in [3.05, 3.63) is 44.3 Å². The second kappa shape index (κ2) is 6.53. The second-order valence-electron chi connectivity index (χ2n) is 6.50. The summed E-state index contributed by atoms with van der Waals surface area (Å²) >= 11 is 1.90. The van der Waals surface area contributed by atoms with Gasteiger partial charge in [0.1, 0.15) is 5.01 Å². The van der Waals surface area contributed by atoms with E-state index in [0.717, 1.165) is 25.9 Å². The maximum absolute atomic E-state index is 11.9. The van der Waals surface area contributed by atoms with E-state index < -0.39 is 0 Å². The first-order valence-electron chi connectivity index (χ1n) is 8.53. The third kappa shape index (κ3) is 3.23. The predicted molar refractivity (Wildman–Crippen MR) is 90.7 cm³/mol. The number of nitrogens with zero attached hydrogens (tertiary/aromatic N) is 4. The first-order chi connectivity index (χ1) is 11.3. The normalized spacial score (nSPS) is 21.5. The zero-order valence-electron chi connectivity index (χ0n) is 13.3. The van der Waals surface area contributed by atoms with Crippen LogP contribution in [0.1, 0.15) is 41.3 Å². The van der Waals surface area contributed by atoms with Gasteiger partial charge in [0.2, 0.25) is 0 Å². The number of aryl methyl sites for hydroxylation is 2. The number of hydrogen-bond donors (Lipinski definition) is 0. The summed E-state index contributed by atoms with van der Waals surface area (Å²) in [5.41, 5.74) is 1.33. The Kier molecular flexibility index (Phi) is 4.27. The van der Waals surface area contributed by atoms with Gasteiger partial charge in [-0.1, -0.05) is 0 Å². The Balaban J connectivity index is 1.46. The molecule has 2 aromatic rings. The largest absolute Gasteiger partial charge is 0.292 e. The molecule has 4 rings (SSSR count). The van der Waals surface area contributed by atoms with Crippen molar-refractivity contribution >= 4 is 11.3 Å². The summed E-state index contributed by atoms with van der Waals surface area (Å²) < 4.78 is 1.59. The van der Waals surface area contributed by atoms with E-state index in [2.05, 4.69) is 10.00 Å². The van der Waals surface area contributed by atoms with Crippen LogP contribution in [-0.2, 0) is 25.9 Å². The molecule has 0 saturated carbocycles. The minimum Gasteiger partial charge on any atom is -0.292 e. The monoisotopic (exact) mass is 330 g/mol. The van der Waals surface area contributed by atoms with Crippen LogP contribution in [0.5, 0.6) is 0 Å². The number of thiazole rings is 1. The number of rotatable bonds is 4. The molecule has 0 N–H and O–H groups in total. The van der Waals surface area contributed by atoms with E-state index in [4.69, 9.17) is 4.98 Å². The molecule has 1 fully saturated rings. The third-order valence-corrected chi connectivity index (χ3v) is 6.04. The smallest absolute Gasteiger partial charge is 0.266 e. The Morgan fingerprint density at radius 2 is 2.17 bits per heavy atom. The molecule has 0 bridgehead atoms. The van der Waals surface area contributed by atoms with Crippen LogP contribution >= 0.6 is 11.3 Å². The molecule has 1 unspecified atom stereocenters. The molecule has 0 spiro atoms. The lowest BCUT2D eigenvalue weighted by atomic mass is 10.0. The zero-order valence-corrected chi connectivity index (χ0v) is 14.1. The molecule has 2 aromatic heterocycles. The average Bonchev–Trinajstić information content (AvgIpc) is 3.16. The third-order valence-electron chi connectivity index (χ3n) is 4.90. The number of likely N-dealkylation sites (tertiary alicyclic amines) is 1. The lowest BCUT2D eigenvalue weighted by Gasteiger charge is -2.23. The summed E-state index contributed by atoms with van der Waals surface area (Å²) in [4.78, 5) is 20.7. The van der Waals surface area contributed by atoms with Crippen LogP contribution in [0.3, 0.4) is 0 Å². The Bertz CT molecular complexity index is 715. The summed E-state index contributed by atoms with van der Waals surface area (Å²) in [6.07, 6.45) is 8.97. The molecule has 1 atom stereocenters. The highest BCUT2D eigenvalue weighted by Gasteiger charge is 2.27. The Morgan fingerprint density at radius 3 is 3.04 bits per heavy atom. The molecule has 5 nitrogen and oxygen atoms in total. The van der Waals surface area contributed by atoms with Gasteiger partial charge in [-0.15, -0.1) is 11.3 Å². The van der Waals surface area contributed by atoms with E-state index in [1.165, 1.54) is 41.3 Å². The van der Waals surface area contributed by atoms with Crippen LogP contribution < -0.4 is 5.56 Å². The molecule has 0 amide bonds.